The summed E-state index contributed by atoms with van der Waals surface area (Å²) < 4.78 is 38.4. The molecular weight excluding hydrogens is 548 g/mol. The molecule has 1 aliphatic carbocycles. The maximum absolute atomic E-state index is 12.8. The lowest BCUT2D eigenvalue weighted by molar-refractivity contribution is -0.137. The third-order valence-electron chi connectivity index (χ3n) is 5.02. The van der Waals surface area contributed by atoms with Crippen molar-refractivity contribution in [3.8, 4) is 0 Å². The Morgan fingerprint density at radius 2 is 2.03 bits per heavy atom. The molecule has 2 heterocycles. The Bertz CT molecular complexity index is 790. The third-order valence-corrected chi connectivity index (χ3v) is 5.29. The van der Waals surface area contributed by atoms with Crippen molar-refractivity contribution in [1.29, 1.82) is 0 Å². The van der Waals surface area contributed by atoms with E-state index >= 15 is 0 Å². The van der Waals surface area contributed by atoms with Crippen molar-refractivity contribution in [2.24, 2.45) is 4.99 Å². The number of halogens is 5. The predicted octanol–water partition coefficient (Wildman–Crippen LogP) is 3.17. The van der Waals surface area contributed by atoms with Crippen LogP contribution in [0.3, 0.4) is 0 Å². The number of nitrogens with one attached hydrogen (secondary N) is 3. The van der Waals surface area contributed by atoms with Gasteiger partial charge in [-0.15, -0.1) is 24.0 Å². The quantitative estimate of drug-likeness (QED) is 0.202. The van der Waals surface area contributed by atoms with E-state index in [0.29, 0.717) is 50.3 Å². The van der Waals surface area contributed by atoms with Gasteiger partial charge in [-0.3, -0.25) is 9.79 Å². The molecule has 1 amide bonds. The molecular formula is C19H27ClF3IN6O. The summed E-state index contributed by atoms with van der Waals surface area (Å²) in [6.45, 7) is 1.77. The normalized spacial score (nSPS) is 19.1. The highest BCUT2D eigenvalue weighted by Crippen LogP contribution is 2.34. The van der Waals surface area contributed by atoms with E-state index in [4.69, 9.17) is 11.6 Å². The van der Waals surface area contributed by atoms with Crippen LogP contribution in [0.5, 0.6) is 0 Å². The number of nitrogens with zero attached hydrogens (tertiary/aromatic N) is 3. The number of anilines is 1. The molecule has 2 aliphatic rings. The maximum Gasteiger partial charge on any atom is 0.417 e. The minimum atomic E-state index is -4.47. The predicted molar refractivity (Wildman–Crippen MR) is 125 cm³/mol. The number of alkyl halides is 3. The first-order valence-corrected chi connectivity index (χ1v) is 10.4. The zero-order valence-corrected chi connectivity index (χ0v) is 20.2. The summed E-state index contributed by atoms with van der Waals surface area (Å²) >= 11 is 6.05. The van der Waals surface area contributed by atoms with Gasteiger partial charge in [0.2, 0.25) is 5.91 Å². The van der Waals surface area contributed by atoms with Crippen LogP contribution in [0.2, 0.25) is 5.02 Å². The van der Waals surface area contributed by atoms with Crippen LogP contribution in [0.1, 0.15) is 37.7 Å². The molecule has 0 aromatic carbocycles. The van der Waals surface area contributed by atoms with E-state index in [1.165, 1.54) is 0 Å². The van der Waals surface area contributed by atoms with Crippen molar-refractivity contribution in [2.45, 2.75) is 50.4 Å². The van der Waals surface area contributed by atoms with E-state index in [1.807, 2.05) is 4.90 Å². The van der Waals surface area contributed by atoms with Crippen molar-refractivity contribution in [3.63, 3.8) is 0 Å². The number of amides is 1. The standard InChI is InChI=1S/C19H26ClF3N6O.HI/c1-24-18(25-7-2-3-16(30)27-13-4-5-13)28-14-6-8-29(11-14)17-15(20)9-12(10-26-17)19(21,22)23;/h9-10,13-14H,2-8,11H2,1H3,(H,27,30)(H2,24,25,28);1H. The monoisotopic (exact) mass is 574 g/mol. The second-order valence-corrected chi connectivity index (χ2v) is 7.95. The van der Waals surface area contributed by atoms with Crippen molar-refractivity contribution >= 4 is 53.3 Å². The van der Waals surface area contributed by atoms with Crippen LogP contribution in [0.25, 0.3) is 0 Å². The first-order chi connectivity index (χ1) is 14.3. The lowest BCUT2D eigenvalue weighted by Crippen LogP contribution is -2.45. The number of rotatable bonds is 7. The molecule has 1 saturated heterocycles. The van der Waals surface area contributed by atoms with Crippen molar-refractivity contribution in [1.82, 2.24) is 20.9 Å². The third kappa shape index (κ3) is 7.85. The average molecular weight is 575 g/mol. The van der Waals surface area contributed by atoms with E-state index in [2.05, 4.69) is 25.9 Å². The summed E-state index contributed by atoms with van der Waals surface area (Å²) in [6.07, 6.45) is 0.418. The second-order valence-electron chi connectivity index (χ2n) is 7.55. The zero-order chi connectivity index (χ0) is 21.7. The van der Waals surface area contributed by atoms with Gasteiger partial charge < -0.3 is 20.9 Å². The Morgan fingerprint density at radius 1 is 1.29 bits per heavy atom. The lowest BCUT2D eigenvalue weighted by atomic mass is 10.2. The minimum absolute atomic E-state index is 0. The summed E-state index contributed by atoms with van der Waals surface area (Å²) in [4.78, 5) is 21.7. The van der Waals surface area contributed by atoms with Gasteiger partial charge in [0.15, 0.2) is 5.96 Å². The summed E-state index contributed by atoms with van der Waals surface area (Å²) in [6, 6.07) is 1.33. The molecule has 0 radical (unpaired) electrons. The van der Waals surface area contributed by atoms with E-state index < -0.39 is 11.7 Å². The Labute approximate surface area is 201 Å². The Balaban J connectivity index is 0.00000341. The summed E-state index contributed by atoms with van der Waals surface area (Å²) in [5.41, 5.74) is -0.861. The molecule has 1 aromatic rings. The number of aromatic nitrogens is 1. The Kier molecular flexibility index (Phi) is 9.46. The second kappa shape index (κ2) is 11.4. The highest BCUT2D eigenvalue weighted by atomic mass is 127. The largest absolute Gasteiger partial charge is 0.417 e. The fraction of sp³-hybridized carbons (Fsp3) is 0.632. The maximum atomic E-state index is 12.8. The molecule has 7 nitrogen and oxygen atoms in total. The van der Waals surface area contributed by atoms with E-state index in [0.717, 1.165) is 31.5 Å². The van der Waals surface area contributed by atoms with Gasteiger partial charge in [-0.05, 0) is 31.7 Å². The van der Waals surface area contributed by atoms with E-state index in [-0.39, 0.29) is 40.9 Å². The van der Waals surface area contributed by atoms with Gasteiger partial charge in [0, 0.05) is 51.4 Å². The number of carbonyl (C=O) groups excluding carboxylic acids is 1. The van der Waals surface area contributed by atoms with Crippen LogP contribution in [0.15, 0.2) is 17.3 Å². The topological polar surface area (TPSA) is 81.6 Å². The fourth-order valence-corrected chi connectivity index (χ4v) is 3.55. The highest BCUT2D eigenvalue weighted by molar-refractivity contribution is 14.0. The first kappa shape index (κ1) is 25.8. The van der Waals surface area contributed by atoms with Crippen molar-refractivity contribution < 1.29 is 18.0 Å². The van der Waals surface area contributed by atoms with Crippen LogP contribution in [-0.2, 0) is 11.0 Å². The van der Waals surface area contributed by atoms with Gasteiger partial charge >= 0.3 is 6.18 Å². The van der Waals surface area contributed by atoms with Crippen molar-refractivity contribution in [3.05, 3.63) is 22.8 Å². The smallest absolute Gasteiger partial charge is 0.356 e. The molecule has 1 unspecified atom stereocenters. The molecule has 31 heavy (non-hydrogen) atoms. The molecule has 3 rings (SSSR count). The number of aliphatic imine (C=N–C) groups is 1. The summed E-state index contributed by atoms with van der Waals surface area (Å²) in [7, 11) is 1.66. The molecule has 1 atom stereocenters. The minimum Gasteiger partial charge on any atom is -0.356 e. The zero-order valence-electron chi connectivity index (χ0n) is 17.1. The van der Waals surface area contributed by atoms with E-state index in [1.54, 1.807) is 7.05 Å². The molecule has 1 aliphatic heterocycles. The van der Waals surface area contributed by atoms with Crippen molar-refractivity contribution in [2.75, 3.05) is 31.6 Å². The average Bonchev–Trinajstić information content (AvgIpc) is 3.38. The molecule has 1 saturated carbocycles. The summed E-state index contributed by atoms with van der Waals surface area (Å²) in [5.74, 6) is 1.05. The van der Waals surface area contributed by atoms with Gasteiger partial charge in [0.25, 0.3) is 0 Å². The molecule has 1 aromatic heterocycles. The highest BCUT2D eigenvalue weighted by Gasteiger charge is 2.33. The van der Waals surface area contributed by atoms with Gasteiger partial charge in [0.1, 0.15) is 5.82 Å². The van der Waals surface area contributed by atoms with Gasteiger partial charge in [-0.25, -0.2) is 4.98 Å². The lowest BCUT2D eigenvalue weighted by Gasteiger charge is -2.21. The molecule has 12 heteroatoms. The Hall–Kier alpha value is -1.50. The molecule has 0 bridgehead atoms. The van der Waals surface area contributed by atoms with E-state index in [9.17, 15) is 18.0 Å². The number of carbonyl (C=O) groups is 1. The Morgan fingerprint density at radius 3 is 2.65 bits per heavy atom. The molecule has 3 N–H and O–H groups in total. The number of hydrogen-bond donors (Lipinski definition) is 3. The van der Waals surface area contributed by atoms with Crippen LogP contribution in [0.4, 0.5) is 19.0 Å². The van der Waals surface area contributed by atoms with Crippen LogP contribution >= 0.6 is 35.6 Å². The fourth-order valence-electron chi connectivity index (χ4n) is 3.26. The number of hydrogen-bond acceptors (Lipinski definition) is 4. The van der Waals surface area contributed by atoms with Crippen LogP contribution < -0.4 is 20.9 Å². The van der Waals surface area contributed by atoms with Crippen LogP contribution in [-0.4, -0.2) is 55.6 Å². The SMILES string of the molecule is CN=C(NCCCC(=O)NC1CC1)NC1CCN(c2ncc(C(F)(F)F)cc2Cl)C1.I. The number of guanidine groups is 1. The van der Waals surface area contributed by atoms with Gasteiger partial charge in [-0.1, -0.05) is 11.6 Å². The summed E-state index contributed by atoms with van der Waals surface area (Å²) in [5, 5.41) is 9.42. The van der Waals surface area contributed by atoms with Gasteiger partial charge in [0.05, 0.1) is 10.6 Å². The molecule has 174 valence electrons. The first-order valence-electron chi connectivity index (χ1n) is 10.0. The number of pyridine rings is 1. The van der Waals surface area contributed by atoms with Gasteiger partial charge in [-0.2, -0.15) is 13.2 Å². The molecule has 2 fully saturated rings. The van der Waals surface area contributed by atoms with Crippen LogP contribution in [0, 0.1) is 0 Å². The molecule has 0 spiro atoms.